The number of piperidine rings is 2. The fourth-order valence-corrected chi connectivity index (χ4v) is 4.18. The van der Waals surface area contributed by atoms with Crippen LogP contribution in [0.15, 0.2) is 54.6 Å². The van der Waals surface area contributed by atoms with E-state index in [0.717, 1.165) is 18.6 Å². The zero-order chi connectivity index (χ0) is 15.8. The van der Waals surface area contributed by atoms with Crippen LogP contribution in [0.4, 0.5) is 5.69 Å². The van der Waals surface area contributed by atoms with Gasteiger partial charge < -0.3 is 9.64 Å². The van der Waals surface area contributed by atoms with E-state index in [1.165, 1.54) is 11.3 Å². The van der Waals surface area contributed by atoms with Crippen LogP contribution in [0.25, 0.3) is 0 Å². The van der Waals surface area contributed by atoms with Crippen molar-refractivity contribution < 1.29 is 9.53 Å². The molecule has 3 nitrogen and oxygen atoms in total. The van der Waals surface area contributed by atoms with E-state index in [2.05, 4.69) is 41.3 Å². The molecule has 2 aliphatic heterocycles. The molecule has 2 aromatic carbocycles. The third-order valence-corrected chi connectivity index (χ3v) is 5.25. The summed E-state index contributed by atoms with van der Waals surface area (Å²) in [5.41, 5.74) is 2.42. The average Bonchev–Trinajstić information content (AvgIpc) is 2.62. The van der Waals surface area contributed by atoms with Crippen LogP contribution in [0.1, 0.15) is 30.9 Å². The number of nitrogens with zero attached hydrogens (tertiary/aromatic N) is 1. The molecule has 2 saturated heterocycles. The first kappa shape index (κ1) is 14.3. The van der Waals surface area contributed by atoms with Crippen LogP contribution < -0.4 is 9.64 Å². The monoisotopic (exact) mass is 307 g/mol. The summed E-state index contributed by atoms with van der Waals surface area (Å²) < 4.78 is 5.27. The summed E-state index contributed by atoms with van der Waals surface area (Å²) in [6.45, 7) is 0. The maximum atomic E-state index is 12.5. The van der Waals surface area contributed by atoms with Crippen molar-refractivity contribution in [1.82, 2.24) is 0 Å². The fourth-order valence-electron chi connectivity index (χ4n) is 4.18. The molecule has 0 amide bonds. The third kappa shape index (κ3) is 2.40. The van der Waals surface area contributed by atoms with Gasteiger partial charge in [0, 0.05) is 24.1 Å². The number of carbonyl (C=O) groups excluding carboxylic acids is 1. The Morgan fingerprint density at radius 2 is 1.74 bits per heavy atom. The molecule has 0 radical (unpaired) electrons. The topological polar surface area (TPSA) is 29.5 Å². The zero-order valence-corrected chi connectivity index (χ0v) is 13.3. The summed E-state index contributed by atoms with van der Waals surface area (Å²) in [5.74, 6) is 1.38. The van der Waals surface area contributed by atoms with Gasteiger partial charge in [0.1, 0.15) is 11.5 Å². The Labute approximate surface area is 136 Å². The quantitative estimate of drug-likeness (QED) is 0.858. The van der Waals surface area contributed by atoms with Gasteiger partial charge in [-0.15, -0.1) is 0 Å². The standard InChI is InChI=1S/C20H21NO2/c1-23-17-10-7-14(8-11-17)20-18-12-9-16(13-19(18)22)21(20)15-5-3-2-4-6-15/h2-8,10-11,16,18,20H,9,12-13H2,1H3/t16-,18+,20-/m0/s1. The molecule has 3 aliphatic rings. The minimum atomic E-state index is 0.105. The first-order valence-electron chi connectivity index (χ1n) is 8.28. The minimum absolute atomic E-state index is 0.105. The summed E-state index contributed by atoms with van der Waals surface area (Å²) in [6.07, 6.45) is 2.80. The number of carbonyl (C=O) groups is 1. The minimum Gasteiger partial charge on any atom is -0.497 e. The van der Waals surface area contributed by atoms with Crippen LogP contribution >= 0.6 is 0 Å². The van der Waals surface area contributed by atoms with Crippen molar-refractivity contribution in [3.05, 3.63) is 60.2 Å². The molecule has 0 spiro atoms. The fraction of sp³-hybridized carbons (Fsp3) is 0.350. The van der Waals surface area contributed by atoms with Crippen molar-refractivity contribution in [2.75, 3.05) is 12.0 Å². The number of ketones is 1. The van der Waals surface area contributed by atoms with E-state index >= 15 is 0 Å². The number of para-hydroxylation sites is 1. The van der Waals surface area contributed by atoms with Crippen molar-refractivity contribution >= 4 is 11.5 Å². The van der Waals surface area contributed by atoms with E-state index in [4.69, 9.17) is 4.74 Å². The van der Waals surface area contributed by atoms with Gasteiger partial charge >= 0.3 is 0 Å². The highest BCUT2D eigenvalue weighted by Gasteiger charge is 2.47. The Morgan fingerprint density at radius 3 is 2.39 bits per heavy atom. The van der Waals surface area contributed by atoms with Gasteiger partial charge in [-0.05, 0) is 42.7 Å². The molecule has 2 aromatic rings. The van der Waals surface area contributed by atoms with Crippen LogP contribution in [0.2, 0.25) is 0 Å². The number of ether oxygens (including phenoxy) is 1. The molecule has 3 atom stereocenters. The molecular formula is C20H21NO2. The molecule has 3 fully saturated rings. The normalized spacial score (nSPS) is 26.4. The Morgan fingerprint density at radius 1 is 1.00 bits per heavy atom. The number of hydrogen-bond acceptors (Lipinski definition) is 3. The lowest BCUT2D eigenvalue weighted by Crippen LogP contribution is -2.54. The van der Waals surface area contributed by atoms with Gasteiger partial charge in [0.25, 0.3) is 0 Å². The summed E-state index contributed by atoms with van der Waals surface area (Å²) in [6, 6.07) is 19.2. The van der Waals surface area contributed by atoms with E-state index in [1.807, 2.05) is 18.2 Å². The Kier molecular flexibility index (Phi) is 3.56. The van der Waals surface area contributed by atoms with E-state index in [0.29, 0.717) is 18.2 Å². The van der Waals surface area contributed by atoms with Gasteiger partial charge in [-0.3, -0.25) is 4.79 Å². The molecule has 23 heavy (non-hydrogen) atoms. The molecule has 1 saturated carbocycles. The summed E-state index contributed by atoms with van der Waals surface area (Å²) >= 11 is 0. The average molecular weight is 307 g/mol. The van der Waals surface area contributed by atoms with Crippen LogP contribution in [-0.2, 0) is 4.79 Å². The number of Topliss-reactive ketones (excluding diaryl/α,β-unsaturated/α-hetero) is 1. The van der Waals surface area contributed by atoms with Gasteiger partial charge in [0.2, 0.25) is 0 Å². The number of benzene rings is 2. The third-order valence-electron chi connectivity index (χ3n) is 5.25. The maximum absolute atomic E-state index is 12.5. The molecule has 3 heteroatoms. The largest absolute Gasteiger partial charge is 0.497 e. The first-order chi connectivity index (χ1) is 11.3. The Balaban J connectivity index is 1.77. The number of methoxy groups -OCH3 is 1. The van der Waals surface area contributed by atoms with Crippen LogP contribution in [0, 0.1) is 5.92 Å². The highest BCUT2D eigenvalue weighted by molar-refractivity contribution is 5.86. The summed E-state index contributed by atoms with van der Waals surface area (Å²) in [5, 5.41) is 0. The number of hydrogen-bond donors (Lipinski definition) is 0. The van der Waals surface area contributed by atoms with Crippen LogP contribution in [-0.4, -0.2) is 18.9 Å². The zero-order valence-electron chi connectivity index (χ0n) is 13.3. The summed E-state index contributed by atoms with van der Waals surface area (Å²) in [7, 11) is 1.68. The Bertz CT molecular complexity index is 695. The van der Waals surface area contributed by atoms with E-state index < -0.39 is 0 Å². The molecule has 0 aromatic heterocycles. The van der Waals surface area contributed by atoms with Gasteiger partial charge in [0.15, 0.2) is 0 Å². The molecule has 118 valence electrons. The molecule has 0 unspecified atom stereocenters. The number of rotatable bonds is 3. The predicted molar refractivity (Wildman–Crippen MR) is 90.8 cm³/mol. The highest BCUT2D eigenvalue weighted by Crippen LogP contribution is 2.47. The van der Waals surface area contributed by atoms with Gasteiger partial charge in [-0.2, -0.15) is 0 Å². The summed E-state index contributed by atoms with van der Waals surface area (Å²) in [4.78, 5) is 15.0. The second-order valence-corrected chi connectivity index (χ2v) is 6.47. The molecule has 5 rings (SSSR count). The van der Waals surface area contributed by atoms with Crippen LogP contribution in [0.5, 0.6) is 5.75 Å². The highest BCUT2D eigenvalue weighted by atomic mass is 16.5. The SMILES string of the molecule is COc1ccc([C@H]2[C@@H]3CC[C@@H](CC3=O)N2c2ccccc2)cc1. The van der Waals surface area contributed by atoms with E-state index in [-0.39, 0.29) is 12.0 Å². The van der Waals surface area contributed by atoms with Gasteiger partial charge in [0.05, 0.1) is 13.2 Å². The number of fused-ring (bicyclic) bond motifs is 3. The number of anilines is 1. The molecular weight excluding hydrogens is 286 g/mol. The van der Waals surface area contributed by atoms with E-state index in [1.54, 1.807) is 7.11 Å². The van der Waals surface area contributed by atoms with Crippen molar-refractivity contribution in [2.45, 2.75) is 31.3 Å². The second-order valence-electron chi connectivity index (χ2n) is 6.47. The van der Waals surface area contributed by atoms with Crippen molar-refractivity contribution in [1.29, 1.82) is 0 Å². The van der Waals surface area contributed by atoms with Crippen molar-refractivity contribution in [3.8, 4) is 5.75 Å². The predicted octanol–water partition coefficient (Wildman–Crippen LogP) is 3.99. The van der Waals surface area contributed by atoms with Crippen LogP contribution in [0.3, 0.4) is 0 Å². The lowest BCUT2D eigenvalue weighted by Gasteiger charge is -2.52. The Hall–Kier alpha value is -2.29. The molecule has 0 N–H and O–H groups in total. The first-order valence-corrected chi connectivity index (χ1v) is 8.28. The lowest BCUT2D eigenvalue weighted by molar-refractivity contribution is -0.128. The van der Waals surface area contributed by atoms with Gasteiger partial charge in [-0.25, -0.2) is 0 Å². The molecule has 1 aliphatic carbocycles. The lowest BCUT2D eigenvalue weighted by atomic mass is 9.71. The smallest absolute Gasteiger partial charge is 0.140 e. The van der Waals surface area contributed by atoms with E-state index in [9.17, 15) is 4.79 Å². The molecule has 2 bridgehead atoms. The van der Waals surface area contributed by atoms with Gasteiger partial charge in [-0.1, -0.05) is 30.3 Å². The molecule has 2 heterocycles. The van der Waals surface area contributed by atoms with Crippen molar-refractivity contribution in [2.24, 2.45) is 5.92 Å². The van der Waals surface area contributed by atoms with Crippen molar-refractivity contribution in [3.63, 3.8) is 0 Å². The second kappa shape index (κ2) is 5.73. The maximum Gasteiger partial charge on any atom is 0.140 e.